The van der Waals surface area contributed by atoms with E-state index < -0.39 is 0 Å². The summed E-state index contributed by atoms with van der Waals surface area (Å²) in [5, 5.41) is 3.43. The van der Waals surface area contributed by atoms with E-state index in [1.807, 2.05) is 53.6 Å². The molecule has 0 saturated carbocycles. The predicted molar refractivity (Wildman–Crippen MR) is 97.1 cm³/mol. The molecule has 1 saturated heterocycles. The van der Waals surface area contributed by atoms with E-state index in [1.54, 1.807) is 7.11 Å². The summed E-state index contributed by atoms with van der Waals surface area (Å²) in [5.41, 5.74) is 2.15. The van der Waals surface area contributed by atoms with E-state index in [0.29, 0.717) is 19.0 Å². The van der Waals surface area contributed by atoms with Crippen molar-refractivity contribution in [1.29, 1.82) is 0 Å². The Morgan fingerprint density at radius 3 is 3.00 bits per heavy atom. The summed E-state index contributed by atoms with van der Waals surface area (Å²) in [4.78, 5) is 18.6. The van der Waals surface area contributed by atoms with Crippen LogP contribution in [0.4, 0.5) is 0 Å². The number of carbonyl (C=O) groups excluding carboxylic acids is 1. The van der Waals surface area contributed by atoms with Crippen LogP contribution in [0.3, 0.4) is 0 Å². The fraction of sp³-hybridized carbons (Fsp3) is 0.400. The number of rotatable bonds is 8. The van der Waals surface area contributed by atoms with Gasteiger partial charge in [0.25, 0.3) is 0 Å². The van der Waals surface area contributed by atoms with Crippen molar-refractivity contribution in [1.82, 2.24) is 15.2 Å². The highest BCUT2D eigenvalue weighted by Crippen LogP contribution is 2.24. The second-order valence-electron chi connectivity index (χ2n) is 6.35. The maximum absolute atomic E-state index is 12.3. The molecule has 2 aromatic rings. The number of methoxy groups -OCH3 is 1. The van der Waals surface area contributed by atoms with Gasteiger partial charge in [-0.05, 0) is 49.2 Å². The Bertz CT molecular complexity index is 690. The van der Waals surface area contributed by atoms with Gasteiger partial charge in [0.05, 0.1) is 12.8 Å². The largest absolute Gasteiger partial charge is 0.497 e. The van der Waals surface area contributed by atoms with Crippen LogP contribution in [-0.2, 0) is 17.9 Å². The van der Waals surface area contributed by atoms with Crippen LogP contribution in [0.2, 0.25) is 0 Å². The maximum atomic E-state index is 12.3. The lowest BCUT2D eigenvalue weighted by molar-refractivity contribution is -0.129. The topological polar surface area (TPSA) is 54.5 Å². The van der Waals surface area contributed by atoms with E-state index in [2.05, 4.69) is 10.3 Å². The Morgan fingerprint density at radius 1 is 1.28 bits per heavy atom. The number of ether oxygens (including phenoxy) is 1. The standard InChI is InChI=1S/C20H25N3O2/c1-25-19-7-4-5-16(13-19)15-23-18(8-9-20(23)24)10-12-21-14-17-6-2-3-11-22-17/h2-7,11,13,18,21H,8-10,12,14-15H2,1H3/t18-/m0/s1. The second-order valence-corrected chi connectivity index (χ2v) is 6.35. The molecule has 1 aromatic heterocycles. The summed E-state index contributed by atoms with van der Waals surface area (Å²) < 4.78 is 5.28. The number of hydrogen-bond acceptors (Lipinski definition) is 4. The number of hydrogen-bond donors (Lipinski definition) is 1. The van der Waals surface area contributed by atoms with Crippen LogP contribution in [0, 0.1) is 0 Å². The van der Waals surface area contributed by atoms with Gasteiger partial charge in [0.1, 0.15) is 5.75 Å². The van der Waals surface area contributed by atoms with Gasteiger partial charge in [-0.25, -0.2) is 0 Å². The molecule has 0 bridgehead atoms. The molecular weight excluding hydrogens is 314 g/mol. The molecule has 1 aliphatic heterocycles. The molecule has 0 unspecified atom stereocenters. The second kappa shape index (κ2) is 8.62. The van der Waals surface area contributed by atoms with Crippen molar-refractivity contribution in [3.8, 4) is 5.75 Å². The van der Waals surface area contributed by atoms with Gasteiger partial charge < -0.3 is 15.0 Å². The van der Waals surface area contributed by atoms with Gasteiger partial charge in [-0.15, -0.1) is 0 Å². The zero-order valence-electron chi connectivity index (χ0n) is 14.6. The molecule has 1 N–H and O–H groups in total. The summed E-state index contributed by atoms with van der Waals surface area (Å²) >= 11 is 0. The summed E-state index contributed by atoms with van der Waals surface area (Å²) in [7, 11) is 1.66. The zero-order chi connectivity index (χ0) is 17.5. The van der Waals surface area contributed by atoms with E-state index in [4.69, 9.17) is 4.74 Å². The van der Waals surface area contributed by atoms with Crippen molar-refractivity contribution in [2.75, 3.05) is 13.7 Å². The smallest absolute Gasteiger partial charge is 0.223 e. The van der Waals surface area contributed by atoms with Crippen LogP contribution < -0.4 is 10.1 Å². The third-order valence-electron chi connectivity index (χ3n) is 4.63. The number of nitrogens with zero attached hydrogens (tertiary/aromatic N) is 2. The average Bonchev–Trinajstić information content (AvgIpc) is 3.00. The number of likely N-dealkylation sites (tertiary alicyclic amines) is 1. The van der Waals surface area contributed by atoms with E-state index in [-0.39, 0.29) is 5.91 Å². The molecule has 1 aromatic carbocycles. The first-order chi connectivity index (χ1) is 12.3. The lowest BCUT2D eigenvalue weighted by Gasteiger charge is -2.25. The maximum Gasteiger partial charge on any atom is 0.223 e. The minimum atomic E-state index is 0.248. The molecule has 2 heterocycles. The highest BCUT2D eigenvalue weighted by Gasteiger charge is 2.30. The molecule has 25 heavy (non-hydrogen) atoms. The van der Waals surface area contributed by atoms with Crippen LogP contribution in [0.25, 0.3) is 0 Å². The first-order valence-corrected chi connectivity index (χ1v) is 8.79. The molecule has 0 radical (unpaired) electrons. The normalized spacial score (nSPS) is 17.1. The Kier molecular flexibility index (Phi) is 6.01. The van der Waals surface area contributed by atoms with Crippen molar-refractivity contribution >= 4 is 5.91 Å². The van der Waals surface area contributed by atoms with Gasteiger partial charge in [-0.2, -0.15) is 0 Å². The van der Waals surface area contributed by atoms with Crippen LogP contribution >= 0.6 is 0 Å². The molecule has 5 nitrogen and oxygen atoms in total. The third-order valence-corrected chi connectivity index (χ3v) is 4.63. The molecule has 3 rings (SSSR count). The molecule has 132 valence electrons. The van der Waals surface area contributed by atoms with Gasteiger partial charge in [0.2, 0.25) is 5.91 Å². The van der Waals surface area contributed by atoms with E-state index >= 15 is 0 Å². The van der Waals surface area contributed by atoms with Gasteiger partial charge in [-0.3, -0.25) is 9.78 Å². The number of aromatic nitrogens is 1. The number of carbonyl (C=O) groups is 1. The monoisotopic (exact) mass is 339 g/mol. The Hall–Kier alpha value is -2.40. The molecule has 1 aliphatic rings. The Morgan fingerprint density at radius 2 is 2.20 bits per heavy atom. The van der Waals surface area contributed by atoms with Crippen LogP contribution in [0.5, 0.6) is 5.75 Å². The van der Waals surface area contributed by atoms with Gasteiger partial charge in [-0.1, -0.05) is 18.2 Å². The summed E-state index contributed by atoms with van der Waals surface area (Å²) in [5.74, 6) is 1.08. The van der Waals surface area contributed by atoms with Crippen molar-refractivity contribution in [2.45, 2.75) is 38.4 Å². The number of nitrogens with one attached hydrogen (secondary N) is 1. The summed E-state index contributed by atoms with van der Waals surface area (Å²) in [6.45, 7) is 2.29. The lowest BCUT2D eigenvalue weighted by atomic mass is 10.1. The average molecular weight is 339 g/mol. The zero-order valence-corrected chi connectivity index (χ0v) is 14.6. The van der Waals surface area contributed by atoms with E-state index in [9.17, 15) is 4.79 Å². The van der Waals surface area contributed by atoms with Crippen LogP contribution in [0.1, 0.15) is 30.5 Å². The predicted octanol–water partition coefficient (Wildman–Crippen LogP) is 2.76. The van der Waals surface area contributed by atoms with Gasteiger partial charge in [0, 0.05) is 31.7 Å². The lowest BCUT2D eigenvalue weighted by Crippen LogP contribution is -2.34. The van der Waals surface area contributed by atoms with E-state index in [0.717, 1.165) is 42.9 Å². The number of pyridine rings is 1. The minimum Gasteiger partial charge on any atom is -0.497 e. The molecular formula is C20H25N3O2. The van der Waals surface area contributed by atoms with Crippen LogP contribution in [-0.4, -0.2) is 35.5 Å². The van der Waals surface area contributed by atoms with Crippen LogP contribution in [0.15, 0.2) is 48.7 Å². The van der Waals surface area contributed by atoms with E-state index in [1.165, 1.54) is 0 Å². The van der Waals surface area contributed by atoms with Crippen molar-refractivity contribution in [2.24, 2.45) is 0 Å². The molecule has 0 aliphatic carbocycles. The molecule has 5 heteroatoms. The molecule has 0 spiro atoms. The Balaban J connectivity index is 1.51. The molecule has 1 fully saturated rings. The molecule has 1 amide bonds. The molecule has 1 atom stereocenters. The summed E-state index contributed by atoms with van der Waals surface area (Å²) in [6.07, 6.45) is 4.36. The summed E-state index contributed by atoms with van der Waals surface area (Å²) in [6, 6.07) is 14.2. The van der Waals surface area contributed by atoms with Crippen molar-refractivity contribution in [3.63, 3.8) is 0 Å². The van der Waals surface area contributed by atoms with Gasteiger partial charge >= 0.3 is 0 Å². The highest BCUT2D eigenvalue weighted by atomic mass is 16.5. The number of amides is 1. The number of benzene rings is 1. The Labute approximate surface area is 149 Å². The van der Waals surface area contributed by atoms with Crippen molar-refractivity contribution < 1.29 is 9.53 Å². The fourth-order valence-electron chi connectivity index (χ4n) is 3.27. The highest BCUT2D eigenvalue weighted by molar-refractivity contribution is 5.78. The third kappa shape index (κ3) is 4.79. The fourth-order valence-corrected chi connectivity index (χ4v) is 3.27. The van der Waals surface area contributed by atoms with Crippen molar-refractivity contribution in [3.05, 3.63) is 59.9 Å². The van der Waals surface area contributed by atoms with Gasteiger partial charge in [0.15, 0.2) is 0 Å². The SMILES string of the molecule is COc1cccc(CN2C(=O)CC[C@H]2CCNCc2ccccn2)c1. The first kappa shape index (κ1) is 17.4. The first-order valence-electron chi connectivity index (χ1n) is 8.79. The minimum absolute atomic E-state index is 0.248. The quantitative estimate of drug-likeness (QED) is 0.752.